The first-order chi connectivity index (χ1) is 8.49. The van der Waals surface area contributed by atoms with E-state index in [1.54, 1.807) is 19.2 Å². The van der Waals surface area contributed by atoms with E-state index in [0.29, 0.717) is 23.4 Å². The topological polar surface area (TPSA) is 75.1 Å². The van der Waals surface area contributed by atoms with Gasteiger partial charge in [0.25, 0.3) is 5.91 Å². The monoisotopic (exact) mass is 251 g/mol. The van der Waals surface area contributed by atoms with Crippen molar-refractivity contribution >= 4 is 11.8 Å². The van der Waals surface area contributed by atoms with Gasteiger partial charge < -0.3 is 10.1 Å². The van der Waals surface area contributed by atoms with Gasteiger partial charge in [-0.25, -0.2) is 4.39 Å². The Hall–Kier alpha value is -1.98. The molecule has 0 fully saturated rings. The molecule has 2 N–H and O–H groups in total. The lowest BCUT2D eigenvalue weighted by atomic mass is 10.1. The van der Waals surface area contributed by atoms with Gasteiger partial charge in [-0.05, 0) is 19.9 Å². The van der Waals surface area contributed by atoms with E-state index in [0.717, 1.165) is 0 Å². The number of pyridine rings is 1. The number of nitrogens with one attached hydrogen (secondary N) is 2. The minimum absolute atomic E-state index is 0.166. The van der Waals surface area contributed by atoms with Gasteiger partial charge in [-0.1, -0.05) is 0 Å². The Balaban J connectivity index is 2.17. The van der Waals surface area contributed by atoms with E-state index in [2.05, 4.69) is 10.3 Å². The largest absolute Gasteiger partial charge is 0.471 e. The molecule has 18 heavy (non-hydrogen) atoms. The molecule has 2 atom stereocenters. The number of halogens is 1. The zero-order chi connectivity index (χ0) is 13.3. The summed E-state index contributed by atoms with van der Waals surface area (Å²) in [5.41, 5.74) is 1.86. The van der Waals surface area contributed by atoms with E-state index in [-0.39, 0.29) is 5.91 Å². The van der Waals surface area contributed by atoms with Crippen LogP contribution in [0.4, 0.5) is 4.39 Å². The highest BCUT2D eigenvalue weighted by atomic mass is 19.1. The lowest BCUT2D eigenvalue weighted by Crippen LogP contribution is -2.17. The van der Waals surface area contributed by atoms with Crippen LogP contribution in [0.3, 0.4) is 0 Å². The summed E-state index contributed by atoms with van der Waals surface area (Å²) >= 11 is 0. The number of ether oxygens (including phenoxy) is 1. The molecule has 0 saturated carbocycles. The van der Waals surface area contributed by atoms with Crippen molar-refractivity contribution in [2.75, 3.05) is 0 Å². The number of hydrogen-bond donors (Lipinski definition) is 2. The summed E-state index contributed by atoms with van der Waals surface area (Å²) < 4.78 is 18.0. The number of carbonyl (C=O) groups is 1. The number of rotatable bonds is 3. The summed E-state index contributed by atoms with van der Waals surface area (Å²) in [5.74, 6) is -0.590. The van der Waals surface area contributed by atoms with Crippen molar-refractivity contribution in [2.45, 2.75) is 32.7 Å². The highest BCUT2D eigenvalue weighted by Crippen LogP contribution is 2.21. The molecule has 6 heteroatoms. The second kappa shape index (κ2) is 4.72. The van der Waals surface area contributed by atoms with Crippen LogP contribution in [0.15, 0.2) is 12.3 Å². The third-order valence-electron chi connectivity index (χ3n) is 2.79. The molecule has 2 heterocycles. The maximum atomic E-state index is 12.8. The van der Waals surface area contributed by atoms with Crippen molar-refractivity contribution in [1.82, 2.24) is 10.3 Å². The van der Waals surface area contributed by atoms with E-state index >= 15 is 0 Å². The molecule has 1 aromatic heterocycles. The van der Waals surface area contributed by atoms with E-state index in [1.807, 2.05) is 0 Å². The van der Waals surface area contributed by atoms with Crippen molar-refractivity contribution in [2.24, 2.45) is 0 Å². The van der Waals surface area contributed by atoms with Crippen LogP contribution >= 0.6 is 0 Å². The Morgan fingerprint density at radius 2 is 2.33 bits per heavy atom. The molecule has 96 valence electrons. The summed E-state index contributed by atoms with van der Waals surface area (Å²) in [6.45, 7) is 3.36. The minimum atomic E-state index is -1.45. The number of nitrogens with zero attached hydrogens (tertiary/aromatic N) is 1. The first kappa shape index (κ1) is 12.5. The molecule has 0 spiro atoms. The van der Waals surface area contributed by atoms with Gasteiger partial charge in [0.05, 0.1) is 17.8 Å². The van der Waals surface area contributed by atoms with Gasteiger partial charge in [-0.3, -0.25) is 15.2 Å². The fourth-order valence-corrected chi connectivity index (χ4v) is 1.68. The second-order valence-corrected chi connectivity index (χ2v) is 4.19. The highest BCUT2D eigenvalue weighted by molar-refractivity contribution is 5.97. The summed E-state index contributed by atoms with van der Waals surface area (Å²) in [4.78, 5) is 15.6. The van der Waals surface area contributed by atoms with Gasteiger partial charge in [0.15, 0.2) is 6.17 Å². The van der Waals surface area contributed by atoms with E-state index < -0.39 is 18.2 Å². The molecule has 0 radical (unpaired) electrons. The summed E-state index contributed by atoms with van der Waals surface area (Å²) in [6, 6.07) is 1.67. The first-order valence-corrected chi connectivity index (χ1v) is 5.65. The van der Waals surface area contributed by atoms with Gasteiger partial charge in [-0.15, -0.1) is 0 Å². The number of fused-ring (bicyclic) bond motifs is 1. The predicted molar refractivity (Wildman–Crippen MR) is 63.2 cm³/mol. The lowest BCUT2D eigenvalue weighted by Gasteiger charge is -2.16. The number of alkyl halides is 1. The van der Waals surface area contributed by atoms with E-state index in [1.165, 1.54) is 6.92 Å². The van der Waals surface area contributed by atoms with Gasteiger partial charge in [0.2, 0.25) is 5.90 Å². The summed E-state index contributed by atoms with van der Waals surface area (Å²) in [5, 5.41) is 9.98. The number of aromatic nitrogens is 1. The number of hydrogen-bond acceptors (Lipinski definition) is 4. The SMILES string of the molecule is CC(F)C(=N)OC(C)c1cnc2c(c1)C(=O)NC2. The molecule has 2 unspecified atom stereocenters. The Labute approximate surface area is 104 Å². The van der Waals surface area contributed by atoms with Crippen molar-refractivity contribution in [3.05, 3.63) is 29.1 Å². The average Bonchev–Trinajstić information content (AvgIpc) is 2.70. The standard InChI is InChI=1S/C12H14FN3O2/c1-6(13)11(14)18-7(2)8-3-9-10(15-4-8)5-16-12(9)17/h3-4,6-7,14H,5H2,1-2H3,(H,16,17). The molecule has 1 aliphatic rings. The van der Waals surface area contributed by atoms with Crippen LogP contribution in [-0.4, -0.2) is 23.0 Å². The van der Waals surface area contributed by atoms with Crippen LogP contribution in [0.25, 0.3) is 0 Å². The van der Waals surface area contributed by atoms with Crippen molar-refractivity contribution in [3.8, 4) is 0 Å². The normalized spacial score (nSPS) is 16.7. The minimum Gasteiger partial charge on any atom is -0.471 e. The summed E-state index contributed by atoms with van der Waals surface area (Å²) in [6.07, 6.45) is -0.375. The zero-order valence-corrected chi connectivity index (χ0v) is 10.2. The van der Waals surface area contributed by atoms with Crippen LogP contribution in [0.2, 0.25) is 0 Å². The molecule has 0 aliphatic carbocycles. The summed E-state index contributed by atoms with van der Waals surface area (Å²) in [7, 11) is 0. The molecule has 1 aromatic rings. The van der Waals surface area contributed by atoms with Crippen LogP contribution < -0.4 is 5.32 Å². The van der Waals surface area contributed by atoms with Crippen LogP contribution in [0.1, 0.15) is 41.6 Å². The Morgan fingerprint density at radius 1 is 1.61 bits per heavy atom. The zero-order valence-electron chi connectivity index (χ0n) is 10.2. The van der Waals surface area contributed by atoms with Gasteiger partial charge in [-0.2, -0.15) is 0 Å². The van der Waals surface area contributed by atoms with E-state index in [9.17, 15) is 9.18 Å². The molecule has 1 amide bonds. The van der Waals surface area contributed by atoms with Crippen molar-refractivity contribution < 1.29 is 13.9 Å². The van der Waals surface area contributed by atoms with Gasteiger partial charge >= 0.3 is 0 Å². The molecular formula is C12H14FN3O2. The fourth-order valence-electron chi connectivity index (χ4n) is 1.68. The third-order valence-corrected chi connectivity index (χ3v) is 2.79. The third kappa shape index (κ3) is 2.32. The average molecular weight is 251 g/mol. The lowest BCUT2D eigenvalue weighted by molar-refractivity contribution is 0.0965. The molecule has 0 bridgehead atoms. The quantitative estimate of drug-likeness (QED) is 0.634. The maximum absolute atomic E-state index is 12.8. The van der Waals surface area contributed by atoms with Crippen molar-refractivity contribution in [1.29, 1.82) is 5.41 Å². The molecule has 2 rings (SSSR count). The Kier molecular flexibility index (Phi) is 3.27. The molecular weight excluding hydrogens is 237 g/mol. The smallest absolute Gasteiger partial charge is 0.253 e. The Morgan fingerprint density at radius 3 is 3.00 bits per heavy atom. The van der Waals surface area contributed by atoms with Crippen LogP contribution in [-0.2, 0) is 11.3 Å². The van der Waals surface area contributed by atoms with Gasteiger partial charge in [0, 0.05) is 11.8 Å². The molecule has 1 aliphatic heterocycles. The second-order valence-electron chi connectivity index (χ2n) is 4.19. The number of carbonyl (C=O) groups excluding carboxylic acids is 1. The Bertz CT molecular complexity index is 502. The van der Waals surface area contributed by atoms with Crippen LogP contribution in [0.5, 0.6) is 0 Å². The van der Waals surface area contributed by atoms with Crippen LogP contribution in [0, 0.1) is 5.41 Å². The molecule has 0 aromatic carbocycles. The fraction of sp³-hybridized carbons (Fsp3) is 0.417. The highest BCUT2D eigenvalue weighted by Gasteiger charge is 2.22. The first-order valence-electron chi connectivity index (χ1n) is 5.65. The molecule has 5 nitrogen and oxygen atoms in total. The predicted octanol–water partition coefficient (Wildman–Crippen LogP) is 1.74. The molecule has 0 saturated heterocycles. The number of amides is 1. The maximum Gasteiger partial charge on any atom is 0.253 e. The van der Waals surface area contributed by atoms with Crippen molar-refractivity contribution in [3.63, 3.8) is 0 Å². The van der Waals surface area contributed by atoms with Gasteiger partial charge in [0.1, 0.15) is 6.10 Å². The van der Waals surface area contributed by atoms with E-state index in [4.69, 9.17) is 10.1 Å².